The Morgan fingerprint density at radius 3 is 1.77 bits per heavy atom. The first kappa shape index (κ1) is 28.4. The maximum atomic E-state index is 6.15. The normalized spacial score (nSPS) is 24.9. The van der Waals surface area contributed by atoms with E-state index in [1.165, 1.54) is 122 Å². The number of hydrogen-bond acceptors (Lipinski definition) is 2. The van der Waals surface area contributed by atoms with Gasteiger partial charge in [-0.15, -0.1) is 0 Å². The van der Waals surface area contributed by atoms with E-state index in [9.17, 15) is 0 Å². The van der Waals surface area contributed by atoms with Crippen molar-refractivity contribution in [1.29, 1.82) is 0 Å². The largest absolute Gasteiger partial charge is 0.494 e. The summed E-state index contributed by atoms with van der Waals surface area (Å²) in [6.07, 6.45) is 26.6. The van der Waals surface area contributed by atoms with Crippen LogP contribution in [0.2, 0.25) is 0 Å². The van der Waals surface area contributed by atoms with Crippen LogP contribution in [0.4, 0.5) is 0 Å². The Bertz CT molecular complexity index is 631. The van der Waals surface area contributed by atoms with Gasteiger partial charge in [0.1, 0.15) is 11.5 Å². The quantitative estimate of drug-likeness (QED) is 0.205. The second-order valence-electron chi connectivity index (χ2n) is 11.8. The molecule has 0 aromatic heterocycles. The fourth-order valence-electron chi connectivity index (χ4n) is 6.63. The van der Waals surface area contributed by atoms with Gasteiger partial charge in [0, 0.05) is 0 Å². The summed E-state index contributed by atoms with van der Waals surface area (Å²) in [7, 11) is 0. The van der Waals surface area contributed by atoms with E-state index in [0.717, 1.165) is 48.4 Å². The first-order chi connectivity index (χ1) is 17.3. The van der Waals surface area contributed by atoms with E-state index < -0.39 is 0 Å². The lowest BCUT2D eigenvalue weighted by atomic mass is 9.74. The summed E-state index contributed by atoms with van der Waals surface area (Å²) in [5.41, 5.74) is 0. The van der Waals surface area contributed by atoms with Gasteiger partial charge >= 0.3 is 0 Å². The maximum absolute atomic E-state index is 6.15. The van der Waals surface area contributed by atoms with Crippen LogP contribution in [0, 0.1) is 23.7 Å². The van der Waals surface area contributed by atoms with E-state index in [1.807, 2.05) is 0 Å². The minimum Gasteiger partial charge on any atom is -0.494 e. The van der Waals surface area contributed by atoms with E-state index in [-0.39, 0.29) is 0 Å². The molecule has 2 nitrogen and oxygen atoms in total. The number of benzene rings is 1. The van der Waals surface area contributed by atoms with Crippen molar-refractivity contribution >= 4 is 0 Å². The minimum absolute atomic E-state index is 0.739. The van der Waals surface area contributed by atoms with Gasteiger partial charge in [0.15, 0.2) is 0 Å². The zero-order valence-corrected chi connectivity index (χ0v) is 23.3. The predicted molar refractivity (Wildman–Crippen MR) is 150 cm³/mol. The SMILES string of the molecule is CCCCCCC1CCC(COc2ccc(OCCCC3CCCCC3CCCCC)cc2)CC1. The monoisotopic (exact) mass is 484 g/mol. The highest BCUT2D eigenvalue weighted by atomic mass is 16.5. The lowest BCUT2D eigenvalue weighted by molar-refractivity contribution is 0.177. The average Bonchev–Trinajstić information content (AvgIpc) is 2.90. The van der Waals surface area contributed by atoms with Gasteiger partial charge in [-0.05, 0) is 73.6 Å². The highest BCUT2D eigenvalue weighted by molar-refractivity contribution is 5.31. The van der Waals surface area contributed by atoms with Crippen LogP contribution in [-0.2, 0) is 0 Å². The first-order valence-corrected chi connectivity index (χ1v) is 15.6. The van der Waals surface area contributed by atoms with Crippen molar-refractivity contribution in [2.75, 3.05) is 13.2 Å². The Hall–Kier alpha value is -1.18. The average molecular weight is 485 g/mol. The molecular weight excluding hydrogens is 428 g/mol. The molecule has 2 unspecified atom stereocenters. The van der Waals surface area contributed by atoms with Gasteiger partial charge in [-0.25, -0.2) is 0 Å². The molecule has 2 aliphatic carbocycles. The summed E-state index contributed by atoms with van der Waals surface area (Å²) in [5.74, 6) is 5.62. The lowest BCUT2D eigenvalue weighted by Gasteiger charge is -2.31. The highest BCUT2D eigenvalue weighted by Gasteiger charge is 2.24. The Labute approximate surface area is 218 Å². The Kier molecular flexibility index (Phi) is 14.0. The van der Waals surface area contributed by atoms with Gasteiger partial charge in [0.05, 0.1) is 13.2 Å². The van der Waals surface area contributed by atoms with E-state index in [1.54, 1.807) is 0 Å². The summed E-state index contributed by atoms with van der Waals surface area (Å²) >= 11 is 0. The van der Waals surface area contributed by atoms with E-state index in [4.69, 9.17) is 9.47 Å². The zero-order valence-electron chi connectivity index (χ0n) is 23.3. The van der Waals surface area contributed by atoms with Crippen molar-refractivity contribution in [3.05, 3.63) is 24.3 Å². The van der Waals surface area contributed by atoms with Gasteiger partial charge in [-0.2, -0.15) is 0 Å². The fourth-order valence-corrected chi connectivity index (χ4v) is 6.63. The molecule has 2 aliphatic rings. The summed E-state index contributed by atoms with van der Waals surface area (Å²) in [4.78, 5) is 0. The molecule has 1 aromatic carbocycles. The van der Waals surface area contributed by atoms with Crippen LogP contribution in [0.15, 0.2) is 24.3 Å². The van der Waals surface area contributed by atoms with Crippen LogP contribution in [0.3, 0.4) is 0 Å². The molecule has 0 N–H and O–H groups in total. The molecule has 0 spiro atoms. The van der Waals surface area contributed by atoms with Gasteiger partial charge in [-0.1, -0.05) is 110 Å². The van der Waals surface area contributed by atoms with Crippen molar-refractivity contribution in [3.8, 4) is 11.5 Å². The Morgan fingerprint density at radius 2 is 1.11 bits per heavy atom. The minimum atomic E-state index is 0.739. The van der Waals surface area contributed by atoms with Gasteiger partial charge in [-0.3, -0.25) is 0 Å². The molecule has 2 saturated carbocycles. The smallest absolute Gasteiger partial charge is 0.119 e. The standard InChI is InChI=1S/C33H56O2/c1-3-5-7-9-13-28-18-20-29(21-19-28)27-35-33-24-22-32(23-25-33)34-26-12-17-31-16-11-10-15-30(31)14-8-6-4-2/h22-25,28-31H,3-21,26-27H2,1-2H3. The topological polar surface area (TPSA) is 18.5 Å². The van der Waals surface area contributed by atoms with Crippen molar-refractivity contribution < 1.29 is 9.47 Å². The molecule has 0 heterocycles. The van der Waals surface area contributed by atoms with Gasteiger partial charge in [0.2, 0.25) is 0 Å². The second kappa shape index (κ2) is 17.3. The van der Waals surface area contributed by atoms with Crippen LogP contribution in [0.1, 0.15) is 136 Å². The molecule has 0 aliphatic heterocycles. The summed E-state index contributed by atoms with van der Waals surface area (Å²) in [5, 5.41) is 0. The third-order valence-corrected chi connectivity index (χ3v) is 8.97. The van der Waals surface area contributed by atoms with Crippen LogP contribution in [0.5, 0.6) is 11.5 Å². The molecule has 200 valence electrons. The molecule has 1 aromatic rings. The Balaban J connectivity index is 1.26. The summed E-state index contributed by atoms with van der Waals surface area (Å²) in [6, 6.07) is 8.38. The van der Waals surface area contributed by atoms with Crippen molar-refractivity contribution in [1.82, 2.24) is 0 Å². The molecule has 0 amide bonds. The molecule has 2 fully saturated rings. The van der Waals surface area contributed by atoms with Crippen LogP contribution in [-0.4, -0.2) is 13.2 Å². The van der Waals surface area contributed by atoms with Crippen LogP contribution >= 0.6 is 0 Å². The Morgan fingerprint density at radius 1 is 0.571 bits per heavy atom. The van der Waals surface area contributed by atoms with E-state index in [0.29, 0.717) is 0 Å². The van der Waals surface area contributed by atoms with Crippen molar-refractivity contribution in [3.63, 3.8) is 0 Å². The number of hydrogen-bond donors (Lipinski definition) is 0. The summed E-state index contributed by atoms with van der Waals surface area (Å²) in [6.45, 7) is 6.34. The lowest BCUT2D eigenvalue weighted by Crippen LogP contribution is -2.20. The first-order valence-electron chi connectivity index (χ1n) is 15.6. The molecular formula is C33H56O2. The van der Waals surface area contributed by atoms with E-state index >= 15 is 0 Å². The number of unbranched alkanes of at least 4 members (excludes halogenated alkanes) is 5. The summed E-state index contributed by atoms with van der Waals surface area (Å²) < 4.78 is 12.2. The molecule has 3 rings (SSSR count). The molecule has 0 radical (unpaired) electrons. The molecule has 2 atom stereocenters. The second-order valence-corrected chi connectivity index (χ2v) is 11.8. The zero-order chi connectivity index (χ0) is 24.6. The van der Waals surface area contributed by atoms with Crippen molar-refractivity contribution in [2.45, 2.75) is 136 Å². The molecule has 35 heavy (non-hydrogen) atoms. The molecule has 2 heteroatoms. The number of ether oxygens (including phenoxy) is 2. The van der Waals surface area contributed by atoms with Crippen molar-refractivity contribution in [2.24, 2.45) is 23.7 Å². The fraction of sp³-hybridized carbons (Fsp3) is 0.818. The highest BCUT2D eigenvalue weighted by Crippen LogP contribution is 2.36. The van der Waals surface area contributed by atoms with Crippen LogP contribution in [0.25, 0.3) is 0 Å². The molecule has 0 saturated heterocycles. The van der Waals surface area contributed by atoms with Gasteiger partial charge < -0.3 is 9.47 Å². The number of rotatable bonds is 17. The predicted octanol–water partition coefficient (Wildman–Crippen LogP) is 10.4. The van der Waals surface area contributed by atoms with Gasteiger partial charge in [0.25, 0.3) is 0 Å². The molecule has 0 bridgehead atoms. The van der Waals surface area contributed by atoms with Crippen LogP contribution < -0.4 is 9.47 Å². The third-order valence-electron chi connectivity index (χ3n) is 8.97. The van der Waals surface area contributed by atoms with E-state index in [2.05, 4.69) is 38.1 Å². The third kappa shape index (κ3) is 11.2. The maximum Gasteiger partial charge on any atom is 0.119 e.